The van der Waals surface area contributed by atoms with Crippen molar-refractivity contribution in [3.05, 3.63) is 62.2 Å². The van der Waals surface area contributed by atoms with E-state index in [0.717, 1.165) is 45.1 Å². The smallest absolute Gasteiger partial charge is 0.353 e. The molecular formula is C25H31N3O3S. The van der Waals surface area contributed by atoms with Gasteiger partial charge in [-0.3, -0.25) is 4.98 Å². The van der Waals surface area contributed by atoms with Crippen LogP contribution in [0.3, 0.4) is 0 Å². The third-order valence-electron chi connectivity index (χ3n) is 5.26. The van der Waals surface area contributed by atoms with E-state index in [-0.39, 0.29) is 12.5 Å². The monoisotopic (exact) mass is 453 g/mol. The number of thiazole rings is 1. The first-order chi connectivity index (χ1) is 15.2. The van der Waals surface area contributed by atoms with Crippen molar-refractivity contribution in [3.63, 3.8) is 0 Å². The van der Waals surface area contributed by atoms with Crippen LogP contribution in [0.25, 0.3) is 11.1 Å². The van der Waals surface area contributed by atoms with Crippen LogP contribution in [-0.2, 0) is 24.3 Å². The Bertz CT molecular complexity index is 1100. The molecule has 7 heteroatoms. The molecule has 0 aliphatic carbocycles. The standard InChI is InChI=1S/C25H31N3O3S/c1-14(2)11-21-19(12-26)22(18-9-7-15(3)8-10-18)20(16(4)27-21)13-31-24-23(25(29)30-6)32-17(5)28-24/h7-10,14H,11-13,26H2,1-6H3. The fourth-order valence-corrected chi connectivity index (χ4v) is 4.52. The number of carbonyl (C=O) groups excluding carboxylic acids is 1. The van der Waals surface area contributed by atoms with Gasteiger partial charge < -0.3 is 15.2 Å². The SMILES string of the molecule is COC(=O)c1sc(C)nc1OCc1c(C)nc(CC(C)C)c(CN)c1-c1ccc(C)cc1. The number of aromatic nitrogens is 2. The number of ether oxygens (including phenoxy) is 2. The summed E-state index contributed by atoms with van der Waals surface area (Å²) >= 11 is 1.26. The minimum Gasteiger partial charge on any atom is -0.471 e. The summed E-state index contributed by atoms with van der Waals surface area (Å²) in [6.07, 6.45) is 0.852. The highest BCUT2D eigenvalue weighted by molar-refractivity contribution is 7.13. The molecule has 0 aliphatic heterocycles. The van der Waals surface area contributed by atoms with Crippen molar-refractivity contribution in [2.75, 3.05) is 7.11 Å². The first-order valence-electron chi connectivity index (χ1n) is 10.7. The second-order valence-corrected chi connectivity index (χ2v) is 9.49. The minimum atomic E-state index is -0.450. The summed E-state index contributed by atoms with van der Waals surface area (Å²) in [6, 6.07) is 8.41. The number of nitrogens with two attached hydrogens (primary N) is 1. The van der Waals surface area contributed by atoms with Gasteiger partial charge in [0.15, 0.2) is 4.88 Å². The highest BCUT2D eigenvalue weighted by atomic mass is 32.1. The fraction of sp³-hybridized carbons (Fsp3) is 0.400. The lowest BCUT2D eigenvalue weighted by molar-refractivity contribution is 0.0601. The molecule has 0 fully saturated rings. The van der Waals surface area contributed by atoms with Crippen LogP contribution in [0.2, 0.25) is 0 Å². The van der Waals surface area contributed by atoms with Crippen LogP contribution in [0.1, 0.15) is 56.6 Å². The van der Waals surface area contributed by atoms with E-state index in [9.17, 15) is 4.79 Å². The van der Waals surface area contributed by atoms with Gasteiger partial charge in [0.1, 0.15) is 6.61 Å². The van der Waals surface area contributed by atoms with Crippen LogP contribution in [0.4, 0.5) is 0 Å². The van der Waals surface area contributed by atoms with E-state index in [2.05, 4.69) is 50.0 Å². The predicted molar refractivity (Wildman–Crippen MR) is 128 cm³/mol. The number of pyridine rings is 1. The fourth-order valence-electron chi connectivity index (χ4n) is 3.73. The largest absolute Gasteiger partial charge is 0.471 e. The quantitative estimate of drug-likeness (QED) is 0.475. The molecule has 2 N–H and O–H groups in total. The lowest BCUT2D eigenvalue weighted by Gasteiger charge is -2.21. The van der Waals surface area contributed by atoms with Gasteiger partial charge in [-0.1, -0.05) is 43.7 Å². The summed E-state index contributed by atoms with van der Waals surface area (Å²) in [7, 11) is 1.35. The van der Waals surface area contributed by atoms with Gasteiger partial charge in [0.2, 0.25) is 5.88 Å². The molecular weight excluding hydrogens is 422 g/mol. The zero-order valence-electron chi connectivity index (χ0n) is 19.6. The van der Waals surface area contributed by atoms with Gasteiger partial charge in [-0.05, 0) is 49.8 Å². The van der Waals surface area contributed by atoms with Gasteiger partial charge in [-0.15, -0.1) is 11.3 Å². The highest BCUT2D eigenvalue weighted by Gasteiger charge is 2.23. The summed E-state index contributed by atoms with van der Waals surface area (Å²) in [6.45, 7) is 10.9. The van der Waals surface area contributed by atoms with Crippen molar-refractivity contribution >= 4 is 17.3 Å². The molecule has 170 valence electrons. The van der Waals surface area contributed by atoms with Gasteiger partial charge in [-0.25, -0.2) is 9.78 Å². The van der Waals surface area contributed by atoms with Crippen molar-refractivity contribution < 1.29 is 14.3 Å². The van der Waals surface area contributed by atoms with E-state index in [4.69, 9.17) is 20.2 Å². The normalized spacial score (nSPS) is 11.1. The van der Waals surface area contributed by atoms with Gasteiger partial charge in [-0.2, -0.15) is 0 Å². The summed E-state index contributed by atoms with van der Waals surface area (Å²) in [5.74, 6) is 0.295. The second-order valence-electron chi connectivity index (χ2n) is 8.29. The molecule has 3 aromatic rings. The van der Waals surface area contributed by atoms with Crippen molar-refractivity contribution in [2.45, 2.75) is 54.2 Å². The van der Waals surface area contributed by atoms with Gasteiger partial charge >= 0.3 is 5.97 Å². The molecule has 0 atom stereocenters. The predicted octanol–water partition coefficient (Wildman–Crippen LogP) is 5.15. The number of nitrogens with zero attached hydrogens (tertiary/aromatic N) is 2. The molecule has 0 amide bonds. The number of rotatable bonds is 8. The van der Waals surface area contributed by atoms with E-state index in [0.29, 0.717) is 17.3 Å². The maximum Gasteiger partial charge on any atom is 0.353 e. The molecule has 0 bridgehead atoms. The maximum atomic E-state index is 12.1. The number of aryl methyl sites for hydroxylation is 3. The molecule has 0 radical (unpaired) electrons. The van der Waals surface area contributed by atoms with E-state index in [1.165, 1.54) is 24.0 Å². The number of carbonyl (C=O) groups is 1. The Hall–Kier alpha value is -2.77. The molecule has 6 nitrogen and oxygen atoms in total. The minimum absolute atomic E-state index is 0.226. The van der Waals surface area contributed by atoms with Gasteiger partial charge in [0.25, 0.3) is 0 Å². The maximum absolute atomic E-state index is 12.1. The zero-order chi connectivity index (χ0) is 23.4. The lowest BCUT2D eigenvalue weighted by Crippen LogP contribution is -2.14. The van der Waals surface area contributed by atoms with Crippen molar-refractivity contribution in [1.29, 1.82) is 0 Å². The topological polar surface area (TPSA) is 87.3 Å². The van der Waals surface area contributed by atoms with E-state index in [1.807, 2.05) is 13.8 Å². The third-order valence-corrected chi connectivity index (χ3v) is 6.20. The Morgan fingerprint density at radius 2 is 1.78 bits per heavy atom. The highest BCUT2D eigenvalue weighted by Crippen LogP contribution is 2.34. The Kier molecular flexibility index (Phi) is 7.64. The molecule has 0 aliphatic rings. The first-order valence-corrected chi connectivity index (χ1v) is 11.5. The average Bonchev–Trinajstić information content (AvgIpc) is 3.12. The van der Waals surface area contributed by atoms with E-state index in [1.54, 1.807) is 0 Å². The van der Waals surface area contributed by atoms with Crippen LogP contribution in [0, 0.1) is 26.7 Å². The summed E-state index contributed by atoms with van der Waals surface area (Å²) in [5.41, 5.74) is 13.5. The van der Waals surface area contributed by atoms with Crippen molar-refractivity contribution in [2.24, 2.45) is 11.7 Å². The number of esters is 1. The molecule has 2 heterocycles. The summed E-state index contributed by atoms with van der Waals surface area (Å²) in [5, 5.41) is 0.740. The third kappa shape index (κ3) is 5.16. The lowest BCUT2D eigenvalue weighted by atomic mass is 9.90. The van der Waals surface area contributed by atoms with Crippen LogP contribution >= 0.6 is 11.3 Å². The molecule has 32 heavy (non-hydrogen) atoms. The van der Waals surface area contributed by atoms with E-state index >= 15 is 0 Å². The van der Waals surface area contributed by atoms with Gasteiger partial charge in [0, 0.05) is 23.5 Å². The summed E-state index contributed by atoms with van der Waals surface area (Å²) in [4.78, 5) is 21.8. The number of hydrogen-bond donors (Lipinski definition) is 1. The van der Waals surface area contributed by atoms with Crippen molar-refractivity contribution in [3.8, 4) is 17.0 Å². The second kappa shape index (κ2) is 10.2. The Morgan fingerprint density at radius 1 is 1.09 bits per heavy atom. The average molecular weight is 454 g/mol. The number of methoxy groups -OCH3 is 1. The first kappa shape index (κ1) is 23.9. The Balaban J connectivity index is 2.11. The molecule has 0 spiro atoms. The molecule has 3 rings (SSSR count). The van der Waals surface area contributed by atoms with Gasteiger partial charge in [0.05, 0.1) is 12.1 Å². The van der Waals surface area contributed by atoms with Crippen molar-refractivity contribution in [1.82, 2.24) is 9.97 Å². The molecule has 0 saturated heterocycles. The van der Waals surface area contributed by atoms with E-state index < -0.39 is 5.97 Å². The number of benzene rings is 1. The molecule has 2 aromatic heterocycles. The Morgan fingerprint density at radius 3 is 2.38 bits per heavy atom. The number of hydrogen-bond acceptors (Lipinski definition) is 7. The zero-order valence-corrected chi connectivity index (χ0v) is 20.4. The van der Waals surface area contributed by atoms with Crippen LogP contribution in [0.15, 0.2) is 24.3 Å². The summed E-state index contributed by atoms with van der Waals surface area (Å²) < 4.78 is 11.0. The molecule has 0 saturated carbocycles. The molecule has 1 aromatic carbocycles. The van der Waals surface area contributed by atoms with Crippen LogP contribution < -0.4 is 10.5 Å². The molecule has 0 unspecified atom stereocenters. The van der Waals surface area contributed by atoms with Crippen LogP contribution in [0.5, 0.6) is 5.88 Å². The van der Waals surface area contributed by atoms with Crippen LogP contribution in [-0.4, -0.2) is 23.0 Å². The Labute approximate surface area is 193 Å².